The molecule has 0 bridgehead atoms. The fraction of sp³-hybridized carbons (Fsp3) is 0.136. The molecule has 0 aliphatic heterocycles. The van der Waals surface area contributed by atoms with Crippen molar-refractivity contribution in [1.82, 2.24) is 14.8 Å². The molecule has 4 aromatic rings. The van der Waals surface area contributed by atoms with Crippen molar-refractivity contribution in [3.8, 4) is 16.3 Å². The summed E-state index contributed by atoms with van der Waals surface area (Å²) in [5, 5.41) is 9.32. The monoisotopic (exact) mass is 440 g/mol. The van der Waals surface area contributed by atoms with Gasteiger partial charge in [-0.2, -0.15) is 5.10 Å². The highest BCUT2D eigenvalue weighted by molar-refractivity contribution is 7.13. The lowest BCUT2D eigenvalue weighted by Crippen LogP contribution is -2.17. The second-order valence-electron chi connectivity index (χ2n) is 6.79. The third kappa shape index (κ3) is 4.46. The summed E-state index contributed by atoms with van der Waals surface area (Å²) in [5.41, 5.74) is 1.94. The smallest absolute Gasteiger partial charge is 0.276 e. The molecule has 0 saturated carbocycles. The third-order valence-corrected chi connectivity index (χ3v) is 5.55. The Morgan fingerprint density at radius 3 is 2.71 bits per heavy atom. The van der Waals surface area contributed by atoms with Crippen molar-refractivity contribution in [3.63, 3.8) is 0 Å². The van der Waals surface area contributed by atoms with Crippen molar-refractivity contribution in [2.45, 2.75) is 13.5 Å². The number of aryl methyl sites for hydroxylation is 1. The van der Waals surface area contributed by atoms with Gasteiger partial charge < -0.3 is 10.1 Å². The summed E-state index contributed by atoms with van der Waals surface area (Å²) in [5.74, 6) is -0.375. The van der Waals surface area contributed by atoms with Gasteiger partial charge in [-0.15, -0.1) is 11.3 Å². The lowest BCUT2D eigenvalue weighted by molar-refractivity contribution is 0.102. The Morgan fingerprint density at radius 2 is 1.97 bits per heavy atom. The van der Waals surface area contributed by atoms with Gasteiger partial charge in [0.05, 0.1) is 19.9 Å². The molecule has 0 spiro atoms. The Hall–Kier alpha value is -3.59. The summed E-state index contributed by atoms with van der Waals surface area (Å²) < 4.78 is 34.1. The molecule has 6 nitrogen and oxygen atoms in total. The summed E-state index contributed by atoms with van der Waals surface area (Å²) in [6.07, 6.45) is 1.55. The number of thiazole rings is 1. The van der Waals surface area contributed by atoms with E-state index >= 15 is 0 Å². The first kappa shape index (κ1) is 20.7. The largest absolute Gasteiger partial charge is 0.497 e. The van der Waals surface area contributed by atoms with Crippen LogP contribution in [0.1, 0.15) is 21.6 Å². The number of carbonyl (C=O) groups is 1. The second-order valence-corrected chi connectivity index (χ2v) is 7.65. The van der Waals surface area contributed by atoms with Gasteiger partial charge in [-0.25, -0.2) is 18.4 Å². The van der Waals surface area contributed by atoms with E-state index in [1.165, 1.54) is 16.0 Å². The van der Waals surface area contributed by atoms with Crippen LogP contribution in [-0.2, 0) is 6.54 Å². The highest BCUT2D eigenvalue weighted by Crippen LogP contribution is 2.26. The molecule has 0 aliphatic carbocycles. The zero-order valence-electron chi connectivity index (χ0n) is 16.7. The van der Waals surface area contributed by atoms with E-state index in [4.69, 9.17) is 4.74 Å². The molecule has 4 rings (SSSR count). The Kier molecular flexibility index (Phi) is 5.77. The Bertz CT molecular complexity index is 1230. The van der Waals surface area contributed by atoms with E-state index in [1.54, 1.807) is 25.6 Å². The standard InChI is InChI=1S/C22H18F2N4O2S/c1-13-10-25-28(11-15-9-16(23)5-8-18(15)24)20(13)27-21(29)19-12-31-22(26-19)14-3-6-17(30-2)7-4-14/h3-10,12H,11H2,1-2H3,(H,27,29). The number of hydrogen-bond donors (Lipinski definition) is 1. The van der Waals surface area contributed by atoms with Gasteiger partial charge >= 0.3 is 0 Å². The molecule has 0 fully saturated rings. The molecule has 0 atom stereocenters. The van der Waals surface area contributed by atoms with E-state index in [-0.39, 0.29) is 17.8 Å². The highest BCUT2D eigenvalue weighted by atomic mass is 32.1. The van der Waals surface area contributed by atoms with Crippen LogP contribution in [-0.4, -0.2) is 27.8 Å². The number of anilines is 1. The number of ether oxygens (including phenoxy) is 1. The predicted octanol–water partition coefficient (Wildman–Crippen LogP) is 4.90. The van der Waals surface area contributed by atoms with E-state index in [0.29, 0.717) is 16.4 Å². The summed E-state index contributed by atoms with van der Waals surface area (Å²) in [7, 11) is 1.59. The average Bonchev–Trinajstić information content (AvgIpc) is 3.39. The van der Waals surface area contributed by atoms with Crippen molar-refractivity contribution < 1.29 is 18.3 Å². The van der Waals surface area contributed by atoms with Crippen molar-refractivity contribution >= 4 is 23.1 Å². The van der Waals surface area contributed by atoms with Crippen LogP contribution in [0.25, 0.3) is 10.6 Å². The normalized spacial score (nSPS) is 10.8. The van der Waals surface area contributed by atoms with Crippen molar-refractivity contribution in [1.29, 1.82) is 0 Å². The zero-order valence-corrected chi connectivity index (χ0v) is 17.5. The van der Waals surface area contributed by atoms with Gasteiger partial charge in [0.25, 0.3) is 5.91 Å². The Labute approximate surface area is 181 Å². The molecular formula is C22H18F2N4O2S. The Balaban J connectivity index is 1.53. The summed E-state index contributed by atoms with van der Waals surface area (Å²) in [6.45, 7) is 1.74. The average molecular weight is 440 g/mol. The summed E-state index contributed by atoms with van der Waals surface area (Å²) in [6, 6.07) is 10.6. The lowest BCUT2D eigenvalue weighted by Gasteiger charge is -2.10. The Morgan fingerprint density at radius 1 is 1.19 bits per heavy atom. The van der Waals surface area contributed by atoms with E-state index < -0.39 is 17.5 Å². The number of nitrogens with one attached hydrogen (secondary N) is 1. The lowest BCUT2D eigenvalue weighted by atomic mass is 10.2. The summed E-state index contributed by atoms with van der Waals surface area (Å²) in [4.78, 5) is 17.2. The van der Waals surface area contributed by atoms with Crippen LogP contribution in [0.5, 0.6) is 5.75 Å². The van der Waals surface area contributed by atoms with Crippen molar-refractivity contribution in [2.24, 2.45) is 0 Å². The quantitative estimate of drug-likeness (QED) is 0.463. The number of aromatic nitrogens is 3. The molecule has 2 aromatic carbocycles. The minimum atomic E-state index is -0.546. The maximum atomic E-state index is 14.0. The SMILES string of the molecule is COc1ccc(-c2nc(C(=O)Nc3c(C)cnn3Cc3cc(F)ccc3F)cs2)cc1. The third-order valence-electron chi connectivity index (χ3n) is 4.66. The van der Waals surface area contributed by atoms with Crippen LogP contribution in [0.2, 0.25) is 0 Å². The molecule has 1 amide bonds. The number of benzene rings is 2. The van der Waals surface area contributed by atoms with Gasteiger partial charge in [0.1, 0.15) is 33.9 Å². The van der Waals surface area contributed by atoms with Gasteiger partial charge in [0.15, 0.2) is 0 Å². The minimum Gasteiger partial charge on any atom is -0.497 e. The molecule has 31 heavy (non-hydrogen) atoms. The second kappa shape index (κ2) is 8.65. The van der Waals surface area contributed by atoms with Gasteiger partial charge in [-0.05, 0) is 49.4 Å². The van der Waals surface area contributed by atoms with E-state index in [0.717, 1.165) is 29.5 Å². The molecule has 0 saturated heterocycles. The molecular weight excluding hydrogens is 422 g/mol. The topological polar surface area (TPSA) is 69.0 Å². The van der Waals surface area contributed by atoms with Crippen molar-refractivity contribution in [3.05, 3.63) is 82.5 Å². The first-order valence-corrected chi connectivity index (χ1v) is 10.2. The molecule has 158 valence electrons. The number of rotatable bonds is 6. The van der Waals surface area contributed by atoms with Crippen LogP contribution >= 0.6 is 11.3 Å². The number of halogens is 2. The first-order valence-electron chi connectivity index (χ1n) is 9.32. The van der Waals surface area contributed by atoms with Crippen LogP contribution in [0, 0.1) is 18.6 Å². The maximum Gasteiger partial charge on any atom is 0.276 e. The number of nitrogens with zero attached hydrogens (tertiary/aromatic N) is 3. The number of amides is 1. The predicted molar refractivity (Wildman–Crippen MR) is 114 cm³/mol. The van der Waals surface area contributed by atoms with Crippen LogP contribution < -0.4 is 10.1 Å². The zero-order chi connectivity index (χ0) is 22.0. The van der Waals surface area contributed by atoms with Gasteiger partial charge in [0.2, 0.25) is 0 Å². The first-order chi connectivity index (χ1) is 14.9. The van der Waals surface area contributed by atoms with Crippen molar-refractivity contribution in [2.75, 3.05) is 12.4 Å². The van der Waals surface area contributed by atoms with E-state index in [9.17, 15) is 13.6 Å². The molecule has 1 N–H and O–H groups in total. The van der Waals surface area contributed by atoms with E-state index in [1.807, 2.05) is 24.3 Å². The van der Waals surface area contributed by atoms with E-state index in [2.05, 4.69) is 15.4 Å². The van der Waals surface area contributed by atoms with Gasteiger partial charge in [0, 0.05) is 22.1 Å². The van der Waals surface area contributed by atoms with Crippen LogP contribution in [0.15, 0.2) is 54.0 Å². The molecule has 9 heteroatoms. The summed E-state index contributed by atoms with van der Waals surface area (Å²) >= 11 is 1.35. The van der Waals surface area contributed by atoms with Gasteiger partial charge in [-0.3, -0.25) is 4.79 Å². The molecule has 0 unspecified atom stereocenters. The van der Waals surface area contributed by atoms with Crippen LogP contribution in [0.3, 0.4) is 0 Å². The molecule has 0 radical (unpaired) electrons. The molecule has 2 heterocycles. The number of hydrogen-bond acceptors (Lipinski definition) is 5. The fourth-order valence-electron chi connectivity index (χ4n) is 3.00. The van der Waals surface area contributed by atoms with Gasteiger partial charge in [-0.1, -0.05) is 0 Å². The molecule has 2 aromatic heterocycles. The highest BCUT2D eigenvalue weighted by Gasteiger charge is 2.17. The number of methoxy groups -OCH3 is 1. The molecule has 0 aliphatic rings. The fourth-order valence-corrected chi connectivity index (χ4v) is 3.81. The maximum absolute atomic E-state index is 14.0. The minimum absolute atomic E-state index is 0.0266. The van der Waals surface area contributed by atoms with Crippen LogP contribution in [0.4, 0.5) is 14.6 Å². The number of carbonyl (C=O) groups excluding carboxylic acids is 1.